The number of carbonyl (C=O) groups is 2. The molecule has 1 aromatic rings. The molecule has 1 unspecified atom stereocenters. The molecule has 7 heteroatoms. The number of rotatable bonds is 7. The second kappa shape index (κ2) is 7.71. The summed E-state index contributed by atoms with van der Waals surface area (Å²) in [6, 6.07) is 2.13. The van der Waals surface area contributed by atoms with Gasteiger partial charge in [0.2, 0.25) is 5.75 Å². The van der Waals surface area contributed by atoms with E-state index in [1.807, 2.05) is 6.92 Å². The Hall–Kier alpha value is -2.44. The van der Waals surface area contributed by atoms with E-state index in [1.54, 1.807) is 0 Å². The Balaban J connectivity index is 2.19. The highest BCUT2D eigenvalue weighted by atomic mass is 16.6. The number of hydrogen-bond acceptors (Lipinski definition) is 5. The van der Waals surface area contributed by atoms with E-state index in [0.717, 1.165) is 12.8 Å². The number of nitrogens with one attached hydrogen (secondary N) is 1. The van der Waals surface area contributed by atoms with Gasteiger partial charge in [0.1, 0.15) is 19.3 Å². The number of fused-ring (bicyclic) bond motifs is 1. The quantitative estimate of drug-likeness (QED) is 0.795. The number of aliphatic carboxylic acids is 1. The molecule has 1 aliphatic heterocycles. The fourth-order valence-electron chi connectivity index (χ4n) is 2.31. The zero-order valence-corrected chi connectivity index (χ0v) is 13.3. The number of benzene rings is 1. The van der Waals surface area contributed by atoms with Crippen LogP contribution < -0.4 is 19.5 Å². The maximum Gasteiger partial charge on any atom is 0.326 e. The Morgan fingerprint density at radius 3 is 2.74 bits per heavy atom. The third-order valence-electron chi connectivity index (χ3n) is 3.54. The van der Waals surface area contributed by atoms with E-state index in [1.165, 1.54) is 19.2 Å². The lowest BCUT2D eigenvalue weighted by atomic mass is 10.1. The molecule has 7 nitrogen and oxygen atoms in total. The van der Waals surface area contributed by atoms with Crippen molar-refractivity contribution in [1.29, 1.82) is 0 Å². The van der Waals surface area contributed by atoms with Crippen LogP contribution in [0.1, 0.15) is 36.5 Å². The van der Waals surface area contributed by atoms with Gasteiger partial charge in [0.15, 0.2) is 11.5 Å². The molecule has 1 atom stereocenters. The van der Waals surface area contributed by atoms with Gasteiger partial charge in [-0.25, -0.2) is 4.79 Å². The van der Waals surface area contributed by atoms with Crippen molar-refractivity contribution in [2.75, 3.05) is 20.3 Å². The Kier molecular flexibility index (Phi) is 5.67. The highest BCUT2D eigenvalue weighted by Gasteiger charge is 2.24. The van der Waals surface area contributed by atoms with Crippen molar-refractivity contribution in [3.63, 3.8) is 0 Å². The normalized spacial score (nSPS) is 14.0. The summed E-state index contributed by atoms with van der Waals surface area (Å²) in [6.45, 7) is 2.76. The second-order valence-corrected chi connectivity index (χ2v) is 5.21. The molecule has 2 rings (SSSR count). The summed E-state index contributed by atoms with van der Waals surface area (Å²) in [5, 5.41) is 11.7. The van der Waals surface area contributed by atoms with E-state index in [4.69, 9.17) is 14.2 Å². The van der Waals surface area contributed by atoms with Gasteiger partial charge in [-0.2, -0.15) is 0 Å². The SMILES string of the molecule is CCCCC(NC(=O)c1cc(OC)c2c(c1)OCCO2)C(=O)O. The van der Waals surface area contributed by atoms with E-state index in [-0.39, 0.29) is 5.56 Å². The van der Waals surface area contributed by atoms with Crippen LogP contribution in [0, 0.1) is 0 Å². The van der Waals surface area contributed by atoms with Crippen molar-refractivity contribution >= 4 is 11.9 Å². The Morgan fingerprint density at radius 2 is 2.09 bits per heavy atom. The standard InChI is InChI=1S/C16H21NO6/c1-3-4-5-11(16(19)20)17-15(18)10-8-12(21-2)14-13(9-10)22-6-7-23-14/h8-9,11H,3-7H2,1-2H3,(H,17,18)(H,19,20). The summed E-state index contributed by atoms with van der Waals surface area (Å²) < 4.78 is 16.2. The molecule has 126 valence electrons. The molecule has 1 aromatic carbocycles. The van der Waals surface area contributed by atoms with E-state index in [2.05, 4.69) is 5.32 Å². The van der Waals surface area contributed by atoms with E-state index < -0.39 is 17.9 Å². The third-order valence-corrected chi connectivity index (χ3v) is 3.54. The van der Waals surface area contributed by atoms with Gasteiger partial charge >= 0.3 is 5.97 Å². The van der Waals surface area contributed by atoms with Gasteiger partial charge in [-0.1, -0.05) is 19.8 Å². The molecule has 0 saturated heterocycles. The first-order valence-electron chi connectivity index (χ1n) is 7.58. The first kappa shape index (κ1) is 16.9. The average Bonchev–Trinajstić information content (AvgIpc) is 2.56. The zero-order chi connectivity index (χ0) is 16.8. The lowest BCUT2D eigenvalue weighted by Gasteiger charge is -2.21. The molecule has 23 heavy (non-hydrogen) atoms. The predicted molar refractivity (Wildman–Crippen MR) is 82.4 cm³/mol. The average molecular weight is 323 g/mol. The summed E-state index contributed by atoms with van der Waals surface area (Å²) in [5.74, 6) is -0.273. The first-order valence-corrected chi connectivity index (χ1v) is 7.58. The van der Waals surface area contributed by atoms with Crippen LogP contribution in [0.2, 0.25) is 0 Å². The van der Waals surface area contributed by atoms with E-state index in [9.17, 15) is 14.7 Å². The fourth-order valence-corrected chi connectivity index (χ4v) is 2.31. The van der Waals surface area contributed by atoms with Crippen molar-refractivity contribution in [3.8, 4) is 17.2 Å². The number of methoxy groups -OCH3 is 1. The summed E-state index contributed by atoms with van der Waals surface area (Å²) >= 11 is 0. The molecule has 0 bridgehead atoms. The summed E-state index contributed by atoms with van der Waals surface area (Å²) in [6.07, 6.45) is 1.97. The van der Waals surface area contributed by atoms with Crippen LogP contribution in [0.25, 0.3) is 0 Å². The molecule has 0 saturated carbocycles. The minimum atomic E-state index is -1.05. The summed E-state index contributed by atoms with van der Waals surface area (Å²) in [5.41, 5.74) is 0.272. The second-order valence-electron chi connectivity index (χ2n) is 5.21. The van der Waals surface area contributed by atoms with Crippen LogP contribution in [0.5, 0.6) is 17.2 Å². The monoisotopic (exact) mass is 323 g/mol. The molecule has 1 heterocycles. The Bertz CT molecular complexity index is 569. The number of ether oxygens (including phenoxy) is 3. The highest BCUT2D eigenvalue weighted by molar-refractivity contribution is 5.97. The van der Waals surface area contributed by atoms with Crippen LogP contribution >= 0.6 is 0 Å². The van der Waals surface area contributed by atoms with E-state index in [0.29, 0.717) is 36.9 Å². The number of carboxylic acids is 1. The molecule has 0 radical (unpaired) electrons. The van der Waals surface area contributed by atoms with Crippen LogP contribution in [-0.2, 0) is 4.79 Å². The minimum absolute atomic E-state index is 0.272. The zero-order valence-electron chi connectivity index (χ0n) is 13.3. The maximum atomic E-state index is 12.4. The van der Waals surface area contributed by atoms with Crippen molar-refractivity contribution in [1.82, 2.24) is 5.32 Å². The fraction of sp³-hybridized carbons (Fsp3) is 0.500. The predicted octanol–water partition coefficient (Wildman–Crippen LogP) is 1.84. The number of unbranched alkanes of at least 4 members (excludes halogenated alkanes) is 1. The number of carboxylic acid groups (broad SMARTS) is 1. The highest BCUT2D eigenvalue weighted by Crippen LogP contribution is 2.40. The van der Waals surface area contributed by atoms with Crippen molar-refractivity contribution in [2.45, 2.75) is 32.2 Å². The number of carbonyl (C=O) groups excluding carboxylic acids is 1. The van der Waals surface area contributed by atoms with Gasteiger partial charge in [0, 0.05) is 5.56 Å². The summed E-state index contributed by atoms with van der Waals surface area (Å²) in [4.78, 5) is 23.6. The van der Waals surface area contributed by atoms with Crippen molar-refractivity contribution in [2.24, 2.45) is 0 Å². The third kappa shape index (κ3) is 4.06. The van der Waals surface area contributed by atoms with Gasteiger partial charge in [-0.3, -0.25) is 4.79 Å². The van der Waals surface area contributed by atoms with Crippen molar-refractivity contribution < 1.29 is 28.9 Å². The van der Waals surface area contributed by atoms with Gasteiger partial charge in [0.05, 0.1) is 7.11 Å². The minimum Gasteiger partial charge on any atom is -0.493 e. The van der Waals surface area contributed by atoms with Gasteiger partial charge < -0.3 is 24.6 Å². The Labute approximate surface area is 134 Å². The molecule has 1 aliphatic rings. The molecule has 2 N–H and O–H groups in total. The van der Waals surface area contributed by atoms with E-state index >= 15 is 0 Å². The van der Waals surface area contributed by atoms with Gasteiger partial charge in [-0.05, 0) is 18.6 Å². The Morgan fingerprint density at radius 1 is 1.35 bits per heavy atom. The van der Waals surface area contributed by atoms with Gasteiger partial charge in [-0.15, -0.1) is 0 Å². The van der Waals surface area contributed by atoms with Crippen LogP contribution in [-0.4, -0.2) is 43.3 Å². The largest absolute Gasteiger partial charge is 0.493 e. The molecular formula is C16H21NO6. The topological polar surface area (TPSA) is 94.1 Å². The lowest BCUT2D eigenvalue weighted by Crippen LogP contribution is -2.40. The molecule has 1 amide bonds. The van der Waals surface area contributed by atoms with Crippen LogP contribution in [0.3, 0.4) is 0 Å². The lowest BCUT2D eigenvalue weighted by molar-refractivity contribution is -0.139. The first-order chi connectivity index (χ1) is 11.1. The molecular weight excluding hydrogens is 302 g/mol. The molecule has 0 aliphatic carbocycles. The van der Waals surface area contributed by atoms with Crippen LogP contribution in [0.4, 0.5) is 0 Å². The maximum absolute atomic E-state index is 12.4. The smallest absolute Gasteiger partial charge is 0.326 e. The van der Waals surface area contributed by atoms with Crippen molar-refractivity contribution in [3.05, 3.63) is 17.7 Å². The van der Waals surface area contributed by atoms with Gasteiger partial charge in [0.25, 0.3) is 5.91 Å². The number of hydrogen-bond donors (Lipinski definition) is 2. The molecule has 0 aromatic heterocycles. The number of amides is 1. The summed E-state index contributed by atoms with van der Waals surface area (Å²) in [7, 11) is 1.47. The molecule has 0 spiro atoms. The molecule has 0 fully saturated rings. The van der Waals surface area contributed by atoms with Crippen LogP contribution in [0.15, 0.2) is 12.1 Å².